The van der Waals surface area contributed by atoms with Crippen LogP contribution in [0.1, 0.15) is 51.9 Å². The minimum Gasteiger partial charge on any atom is -0.490 e. The fourth-order valence-corrected chi connectivity index (χ4v) is 4.37. The molecule has 1 atom stereocenters. The van der Waals surface area contributed by atoms with Gasteiger partial charge >= 0.3 is 5.97 Å². The molecule has 0 saturated heterocycles. The van der Waals surface area contributed by atoms with Gasteiger partial charge in [0.15, 0.2) is 17.6 Å². The molecule has 0 spiro atoms. The van der Waals surface area contributed by atoms with Gasteiger partial charge in [-0.15, -0.1) is 0 Å². The number of ether oxygens (including phenoxy) is 3. The second-order valence-corrected chi connectivity index (χ2v) is 9.70. The van der Waals surface area contributed by atoms with Gasteiger partial charge in [0.25, 0.3) is 5.56 Å². The van der Waals surface area contributed by atoms with E-state index >= 15 is 0 Å². The molecular weight excluding hydrogens is 594 g/mol. The monoisotopic (exact) mass is 621 g/mol. The van der Waals surface area contributed by atoms with E-state index in [1.54, 1.807) is 38.3 Å². The maximum absolute atomic E-state index is 13.3. The van der Waals surface area contributed by atoms with Crippen LogP contribution >= 0.6 is 31.9 Å². The molecule has 0 amide bonds. The molecule has 0 bridgehead atoms. The summed E-state index contributed by atoms with van der Waals surface area (Å²) in [5.74, 6) is 0.948. The molecule has 0 aliphatic carbocycles. The van der Waals surface area contributed by atoms with Gasteiger partial charge in [-0.05, 0) is 79.0 Å². The predicted octanol–water partition coefficient (Wildman–Crippen LogP) is 5.88. The number of halogens is 2. The fraction of sp³-hybridized carbons (Fsp3) is 0.385. The van der Waals surface area contributed by atoms with Crippen molar-refractivity contribution < 1.29 is 19.0 Å². The van der Waals surface area contributed by atoms with E-state index in [-0.39, 0.29) is 12.2 Å². The summed E-state index contributed by atoms with van der Waals surface area (Å²) in [5.41, 5.74) is 1.07. The van der Waals surface area contributed by atoms with Crippen LogP contribution in [0.15, 0.2) is 49.2 Å². The summed E-state index contributed by atoms with van der Waals surface area (Å²) >= 11 is 6.93. The summed E-state index contributed by atoms with van der Waals surface area (Å²) in [6, 6.07) is 8.96. The van der Waals surface area contributed by atoms with Gasteiger partial charge in [-0.2, -0.15) is 9.78 Å². The Labute approximate surface area is 226 Å². The van der Waals surface area contributed by atoms with Crippen LogP contribution in [0.2, 0.25) is 0 Å². The summed E-state index contributed by atoms with van der Waals surface area (Å²) in [6.45, 7) is 7.95. The Morgan fingerprint density at radius 2 is 1.94 bits per heavy atom. The van der Waals surface area contributed by atoms with Crippen LogP contribution in [0.3, 0.4) is 0 Å². The fourth-order valence-electron chi connectivity index (χ4n) is 3.46. The number of hydrogen-bond donors (Lipinski definition) is 0. The molecule has 3 aromatic rings. The van der Waals surface area contributed by atoms with Gasteiger partial charge in [-0.3, -0.25) is 4.79 Å². The lowest BCUT2D eigenvalue weighted by Crippen LogP contribution is -2.26. The van der Waals surface area contributed by atoms with Gasteiger partial charge in [0, 0.05) is 10.9 Å². The summed E-state index contributed by atoms with van der Waals surface area (Å²) in [7, 11) is 0. The lowest BCUT2D eigenvalue weighted by atomic mass is 10.2. The lowest BCUT2D eigenvalue weighted by molar-refractivity contribution is -0.150. The highest BCUT2D eigenvalue weighted by molar-refractivity contribution is 9.10. The molecule has 8 nitrogen and oxygen atoms in total. The number of aromatic nitrogens is 2. The molecule has 3 rings (SSSR count). The average Bonchev–Trinajstić information content (AvgIpc) is 2.85. The van der Waals surface area contributed by atoms with Gasteiger partial charge in [-0.1, -0.05) is 29.3 Å². The second kappa shape index (κ2) is 13.0. The van der Waals surface area contributed by atoms with Crippen molar-refractivity contribution in [3.05, 3.63) is 61.0 Å². The van der Waals surface area contributed by atoms with Crippen molar-refractivity contribution in [2.45, 2.75) is 53.1 Å². The first-order valence-electron chi connectivity index (χ1n) is 11.8. The predicted molar refractivity (Wildman–Crippen MR) is 147 cm³/mol. The molecule has 192 valence electrons. The molecule has 0 radical (unpaired) electrons. The van der Waals surface area contributed by atoms with Crippen molar-refractivity contribution >= 4 is 54.9 Å². The van der Waals surface area contributed by atoms with E-state index in [0.29, 0.717) is 51.3 Å². The molecule has 0 aliphatic rings. The number of carbonyl (C=O) groups excluding carboxylic acids is 1. The molecule has 36 heavy (non-hydrogen) atoms. The number of aryl methyl sites for hydroxylation is 1. The minimum absolute atomic E-state index is 0.240. The Bertz CT molecular complexity index is 1320. The van der Waals surface area contributed by atoms with E-state index in [1.807, 2.05) is 19.1 Å². The van der Waals surface area contributed by atoms with E-state index in [1.165, 1.54) is 4.68 Å². The molecular formula is C26H29Br2N3O5. The minimum atomic E-state index is -0.817. The topological polar surface area (TPSA) is 92.0 Å². The molecule has 1 heterocycles. The van der Waals surface area contributed by atoms with Gasteiger partial charge < -0.3 is 14.2 Å². The summed E-state index contributed by atoms with van der Waals surface area (Å²) < 4.78 is 19.4. The van der Waals surface area contributed by atoms with Gasteiger partial charge in [0.2, 0.25) is 0 Å². The normalized spacial score (nSPS) is 12.2. The largest absolute Gasteiger partial charge is 0.490 e. The third-order valence-corrected chi connectivity index (χ3v) is 6.28. The number of fused-ring (bicyclic) bond motifs is 1. The summed E-state index contributed by atoms with van der Waals surface area (Å²) in [6.07, 6.45) is 3.24. The first kappa shape index (κ1) is 27.9. The van der Waals surface area contributed by atoms with E-state index in [0.717, 1.165) is 17.3 Å². The number of esters is 1. The average molecular weight is 623 g/mol. The third-order valence-electron chi connectivity index (χ3n) is 5.20. The summed E-state index contributed by atoms with van der Waals surface area (Å²) in [4.78, 5) is 30.0. The number of nitrogens with zero attached hydrogens (tertiary/aromatic N) is 3. The van der Waals surface area contributed by atoms with E-state index in [9.17, 15) is 9.59 Å². The maximum atomic E-state index is 13.3. The first-order valence-corrected chi connectivity index (χ1v) is 13.4. The van der Waals surface area contributed by atoms with Crippen LogP contribution in [0.5, 0.6) is 11.5 Å². The molecule has 0 unspecified atom stereocenters. The van der Waals surface area contributed by atoms with Crippen LogP contribution in [0, 0.1) is 0 Å². The van der Waals surface area contributed by atoms with Gasteiger partial charge in [0.1, 0.15) is 5.82 Å². The molecule has 1 aromatic heterocycles. The van der Waals surface area contributed by atoms with Crippen LogP contribution in [-0.2, 0) is 16.0 Å². The first-order chi connectivity index (χ1) is 17.3. The van der Waals surface area contributed by atoms with Crippen LogP contribution in [0.25, 0.3) is 10.9 Å². The molecule has 10 heteroatoms. The number of rotatable bonds is 11. The molecule has 0 saturated carbocycles. The number of unbranched alkanes of at least 4 members (excludes halogenated alkanes) is 1. The van der Waals surface area contributed by atoms with Gasteiger partial charge in [0.05, 0.1) is 34.8 Å². The van der Waals surface area contributed by atoms with Crippen LogP contribution in [0.4, 0.5) is 0 Å². The van der Waals surface area contributed by atoms with Crippen molar-refractivity contribution in [1.82, 2.24) is 9.66 Å². The number of carbonyl (C=O) groups is 1. The lowest BCUT2D eigenvalue weighted by Gasteiger charge is -2.18. The van der Waals surface area contributed by atoms with E-state index in [2.05, 4.69) is 43.9 Å². The Morgan fingerprint density at radius 3 is 2.64 bits per heavy atom. The van der Waals surface area contributed by atoms with Crippen molar-refractivity contribution in [1.29, 1.82) is 0 Å². The summed E-state index contributed by atoms with van der Waals surface area (Å²) in [5, 5.41) is 4.99. The van der Waals surface area contributed by atoms with Crippen molar-refractivity contribution in [2.75, 3.05) is 13.2 Å². The molecule has 2 aromatic carbocycles. The zero-order chi connectivity index (χ0) is 26.2. The van der Waals surface area contributed by atoms with E-state index in [4.69, 9.17) is 19.2 Å². The zero-order valence-corrected chi connectivity index (χ0v) is 23.9. The quantitative estimate of drug-likeness (QED) is 0.196. The Balaban J connectivity index is 2.02. The number of benzene rings is 2. The number of hydrogen-bond acceptors (Lipinski definition) is 7. The van der Waals surface area contributed by atoms with E-state index < -0.39 is 12.1 Å². The zero-order valence-electron chi connectivity index (χ0n) is 20.7. The molecule has 0 aliphatic heterocycles. The highest BCUT2D eigenvalue weighted by atomic mass is 79.9. The van der Waals surface area contributed by atoms with Gasteiger partial charge in [-0.25, -0.2) is 9.78 Å². The highest BCUT2D eigenvalue weighted by Gasteiger charge is 2.21. The Hall–Kier alpha value is -2.72. The highest BCUT2D eigenvalue weighted by Crippen LogP contribution is 2.37. The van der Waals surface area contributed by atoms with Crippen LogP contribution < -0.4 is 15.0 Å². The van der Waals surface area contributed by atoms with Crippen LogP contribution in [-0.4, -0.2) is 41.2 Å². The SMILES string of the molecule is CCCCc1nc2ccc(Br)cc2c(=O)n1N=Cc1cc(Br)c(O[C@@H](C)C(=O)OCC)c(OCC)c1. The smallest absolute Gasteiger partial charge is 0.347 e. The molecule has 0 fully saturated rings. The van der Waals surface area contributed by atoms with Crippen molar-refractivity contribution in [3.63, 3.8) is 0 Å². The Kier molecular flexibility index (Phi) is 10.1. The maximum Gasteiger partial charge on any atom is 0.347 e. The Morgan fingerprint density at radius 1 is 1.17 bits per heavy atom. The second-order valence-electron chi connectivity index (χ2n) is 7.93. The van der Waals surface area contributed by atoms with Crippen molar-refractivity contribution in [2.24, 2.45) is 5.10 Å². The third kappa shape index (κ3) is 6.73. The van der Waals surface area contributed by atoms with Crippen molar-refractivity contribution in [3.8, 4) is 11.5 Å². The molecule has 0 N–H and O–H groups in total. The standard InChI is InChI=1S/C26H29Br2N3O5/c1-5-8-9-23-30-21-11-10-18(27)14-19(21)25(32)31(23)29-15-17-12-20(28)24(22(13-17)34-6-2)36-16(4)26(33)35-7-3/h10-16H,5-9H2,1-4H3/t16-/m0/s1.